The van der Waals surface area contributed by atoms with E-state index >= 15 is 0 Å². The predicted octanol–water partition coefficient (Wildman–Crippen LogP) is 3.82. The SMILES string of the molecule is Cc1ccc2nc(C3CCCN3C(=O)CCc3cn4ccccc4n3)[nH]c2c1. The molecule has 5 rings (SSSR count). The number of rotatable bonds is 4. The molecule has 0 aliphatic carbocycles. The first kappa shape index (κ1) is 17.0. The lowest BCUT2D eigenvalue weighted by molar-refractivity contribution is -0.132. The van der Waals surface area contributed by atoms with Crippen molar-refractivity contribution in [1.29, 1.82) is 0 Å². The molecule has 6 nitrogen and oxygen atoms in total. The van der Waals surface area contributed by atoms with Crippen LogP contribution in [0.2, 0.25) is 0 Å². The van der Waals surface area contributed by atoms with Gasteiger partial charge in [-0.2, -0.15) is 0 Å². The summed E-state index contributed by atoms with van der Waals surface area (Å²) in [4.78, 5) is 27.7. The highest BCUT2D eigenvalue weighted by Crippen LogP contribution is 2.32. The van der Waals surface area contributed by atoms with Gasteiger partial charge >= 0.3 is 0 Å². The standard InChI is InChI=1S/C22H23N5O/c1-15-7-9-17-18(13-15)25-22(24-17)19-5-4-12-27(19)21(28)10-8-16-14-26-11-3-2-6-20(26)23-16/h2-3,6-7,9,11,13-14,19H,4-5,8,10,12H2,1H3,(H,24,25). The zero-order chi connectivity index (χ0) is 19.1. The molecule has 1 aliphatic heterocycles. The van der Waals surface area contributed by atoms with E-state index in [4.69, 9.17) is 4.98 Å². The second kappa shape index (κ2) is 6.78. The molecule has 4 aromatic rings. The number of aromatic amines is 1. The minimum Gasteiger partial charge on any atom is -0.340 e. The number of amides is 1. The van der Waals surface area contributed by atoms with Gasteiger partial charge in [-0.1, -0.05) is 12.1 Å². The van der Waals surface area contributed by atoms with Crippen LogP contribution in [0, 0.1) is 6.92 Å². The second-order valence-electron chi connectivity index (χ2n) is 7.59. The van der Waals surface area contributed by atoms with Crippen LogP contribution in [0.15, 0.2) is 48.8 Å². The van der Waals surface area contributed by atoms with E-state index in [9.17, 15) is 4.79 Å². The Kier molecular flexibility index (Phi) is 4.11. The third-order valence-corrected chi connectivity index (χ3v) is 5.55. The lowest BCUT2D eigenvalue weighted by Gasteiger charge is -2.23. The van der Waals surface area contributed by atoms with Gasteiger partial charge in [0.05, 0.1) is 22.8 Å². The van der Waals surface area contributed by atoms with Crippen molar-refractivity contribution >= 4 is 22.6 Å². The van der Waals surface area contributed by atoms with Gasteiger partial charge in [0, 0.05) is 25.4 Å². The summed E-state index contributed by atoms with van der Waals surface area (Å²) in [5.74, 6) is 1.08. The average molecular weight is 373 g/mol. The smallest absolute Gasteiger partial charge is 0.223 e. The molecule has 0 radical (unpaired) electrons. The van der Waals surface area contributed by atoms with Crippen molar-refractivity contribution in [3.05, 3.63) is 65.9 Å². The minimum atomic E-state index is 0.0428. The molecular weight excluding hydrogens is 350 g/mol. The van der Waals surface area contributed by atoms with Gasteiger partial charge in [0.1, 0.15) is 11.5 Å². The highest BCUT2D eigenvalue weighted by molar-refractivity contribution is 5.78. The van der Waals surface area contributed by atoms with Gasteiger partial charge in [-0.3, -0.25) is 4.79 Å². The van der Waals surface area contributed by atoms with Gasteiger partial charge in [0.25, 0.3) is 0 Å². The molecule has 0 saturated carbocycles. The number of aryl methyl sites for hydroxylation is 2. The molecule has 1 N–H and O–H groups in total. The van der Waals surface area contributed by atoms with Crippen LogP contribution < -0.4 is 0 Å². The topological polar surface area (TPSA) is 66.3 Å². The Labute approximate surface area is 163 Å². The zero-order valence-corrected chi connectivity index (χ0v) is 15.9. The van der Waals surface area contributed by atoms with E-state index in [0.717, 1.165) is 47.6 Å². The van der Waals surface area contributed by atoms with Gasteiger partial charge in [0.2, 0.25) is 5.91 Å². The molecule has 1 fully saturated rings. The first-order chi connectivity index (χ1) is 13.7. The number of hydrogen-bond donors (Lipinski definition) is 1. The monoisotopic (exact) mass is 373 g/mol. The molecule has 142 valence electrons. The van der Waals surface area contributed by atoms with Gasteiger partial charge in [0.15, 0.2) is 0 Å². The van der Waals surface area contributed by atoms with E-state index in [1.165, 1.54) is 5.56 Å². The molecule has 28 heavy (non-hydrogen) atoms. The number of likely N-dealkylation sites (tertiary alicyclic amines) is 1. The molecule has 1 atom stereocenters. The first-order valence-electron chi connectivity index (χ1n) is 9.86. The molecule has 3 aromatic heterocycles. The normalized spacial score (nSPS) is 17.0. The van der Waals surface area contributed by atoms with Gasteiger partial charge in [-0.05, 0) is 56.0 Å². The summed E-state index contributed by atoms with van der Waals surface area (Å²) < 4.78 is 1.99. The summed E-state index contributed by atoms with van der Waals surface area (Å²) in [6.45, 7) is 2.87. The number of nitrogens with one attached hydrogen (secondary N) is 1. The maximum atomic E-state index is 12.9. The largest absolute Gasteiger partial charge is 0.340 e. The Balaban J connectivity index is 1.31. The Morgan fingerprint density at radius 1 is 1.25 bits per heavy atom. The fraction of sp³-hybridized carbons (Fsp3) is 0.318. The minimum absolute atomic E-state index is 0.0428. The number of H-pyrrole nitrogens is 1. The van der Waals surface area contributed by atoms with E-state index < -0.39 is 0 Å². The molecule has 1 saturated heterocycles. The van der Waals surface area contributed by atoms with E-state index in [2.05, 4.69) is 29.0 Å². The second-order valence-corrected chi connectivity index (χ2v) is 7.59. The fourth-order valence-electron chi connectivity index (χ4n) is 4.14. The van der Waals surface area contributed by atoms with Crippen molar-refractivity contribution in [3.63, 3.8) is 0 Å². The number of carbonyl (C=O) groups is 1. The number of hydrogen-bond acceptors (Lipinski definition) is 3. The lowest BCUT2D eigenvalue weighted by Crippen LogP contribution is -2.31. The molecule has 0 bridgehead atoms. The van der Waals surface area contributed by atoms with Crippen LogP contribution in [-0.2, 0) is 11.2 Å². The maximum Gasteiger partial charge on any atom is 0.223 e. The van der Waals surface area contributed by atoms with Crippen molar-refractivity contribution < 1.29 is 4.79 Å². The number of carbonyl (C=O) groups excluding carboxylic acids is 1. The van der Waals surface area contributed by atoms with Gasteiger partial charge in [-0.25, -0.2) is 9.97 Å². The average Bonchev–Trinajstić information content (AvgIpc) is 3.41. The number of fused-ring (bicyclic) bond motifs is 2. The first-order valence-corrected chi connectivity index (χ1v) is 9.86. The molecule has 1 amide bonds. The quantitative estimate of drug-likeness (QED) is 0.591. The van der Waals surface area contributed by atoms with Crippen molar-refractivity contribution in [3.8, 4) is 0 Å². The molecular formula is C22H23N5O. The van der Waals surface area contributed by atoms with Crippen LogP contribution in [0.5, 0.6) is 0 Å². The van der Waals surface area contributed by atoms with E-state index in [-0.39, 0.29) is 11.9 Å². The number of imidazole rings is 2. The van der Waals surface area contributed by atoms with Crippen molar-refractivity contribution in [2.45, 2.75) is 38.6 Å². The number of nitrogens with zero attached hydrogens (tertiary/aromatic N) is 4. The summed E-state index contributed by atoms with van der Waals surface area (Å²) in [5.41, 5.74) is 5.08. The molecule has 4 heterocycles. The van der Waals surface area contributed by atoms with Gasteiger partial charge < -0.3 is 14.3 Å². The van der Waals surface area contributed by atoms with Crippen LogP contribution in [0.25, 0.3) is 16.7 Å². The molecule has 1 aliphatic rings. The Morgan fingerprint density at radius 3 is 3.07 bits per heavy atom. The highest BCUT2D eigenvalue weighted by atomic mass is 16.2. The van der Waals surface area contributed by atoms with E-state index in [1.54, 1.807) is 0 Å². The summed E-state index contributed by atoms with van der Waals surface area (Å²) in [7, 11) is 0. The third-order valence-electron chi connectivity index (χ3n) is 5.55. The lowest BCUT2D eigenvalue weighted by atomic mass is 10.2. The Bertz CT molecular complexity index is 1130. The van der Waals surface area contributed by atoms with E-state index in [0.29, 0.717) is 12.8 Å². The molecule has 1 aromatic carbocycles. The van der Waals surface area contributed by atoms with Crippen LogP contribution in [-0.4, -0.2) is 36.7 Å². The fourth-order valence-corrected chi connectivity index (χ4v) is 4.14. The summed E-state index contributed by atoms with van der Waals surface area (Å²) in [5, 5.41) is 0. The molecule has 6 heteroatoms. The third kappa shape index (κ3) is 3.05. The zero-order valence-electron chi connectivity index (χ0n) is 15.9. The molecule has 1 unspecified atom stereocenters. The van der Waals surface area contributed by atoms with Crippen LogP contribution in [0.1, 0.15) is 42.4 Å². The van der Waals surface area contributed by atoms with Gasteiger partial charge in [-0.15, -0.1) is 0 Å². The maximum absolute atomic E-state index is 12.9. The van der Waals surface area contributed by atoms with Crippen molar-refractivity contribution in [2.24, 2.45) is 0 Å². The predicted molar refractivity (Wildman–Crippen MR) is 108 cm³/mol. The number of aromatic nitrogens is 4. The van der Waals surface area contributed by atoms with Crippen molar-refractivity contribution in [1.82, 2.24) is 24.3 Å². The van der Waals surface area contributed by atoms with Crippen molar-refractivity contribution in [2.75, 3.05) is 6.54 Å². The summed E-state index contributed by atoms with van der Waals surface area (Å²) in [6, 6.07) is 12.2. The van der Waals surface area contributed by atoms with Crippen LogP contribution in [0.4, 0.5) is 0 Å². The number of benzene rings is 1. The van der Waals surface area contributed by atoms with Crippen LogP contribution in [0.3, 0.4) is 0 Å². The number of pyridine rings is 1. The Morgan fingerprint density at radius 2 is 2.18 bits per heavy atom. The van der Waals surface area contributed by atoms with Crippen LogP contribution >= 0.6 is 0 Å². The summed E-state index contributed by atoms with van der Waals surface area (Å²) in [6.07, 6.45) is 7.08. The Hall–Kier alpha value is -3.15. The summed E-state index contributed by atoms with van der Waals surface area (Å²) >= 11 is 0. The van der Waals surface area contributed by atoms with E-state index in [1.807, 2.05) is 46.0 Å². The molecule has 0 spiro atoms. The highest BCUT2D eigenvalue weighted by Gasteiger charge is 2.31.